The Morgan fingerprint density at radius 3 is 2.36 bits per heavy atom. The van der Waals surface area contributed by atoms with E-state index in [1.165, 1.54) is 0 Å². The van der Waals surface area contributed by atoms with Crippen molar-refractivity contribution in [3.63, 3.8) is 0 Å². The summed E-state index contributed by atoms with van der Waals surface area (Å²) in [6.45, 7) is 0.358. The summed E-state index contributed by atoms with van der Waals surface area (Å²) in [5, 5.41) is 2.50. The summed E-state index contributed by atoms with van der Waals surface area (Å²) in [6.07, 6.45) is 0. The Balaban J connectivity index is 1.70. The summed E-state index contributed by atoms with van der Waals surface area (Å²) < 4.78 is 0. The van der Waals surface area contributed by atoms with Crippen LogP contribution >= 0.6 is 11.8 Å². The average molecular weight is 354 g/mol. The number of rotatable bonds is 5. The van der Waals surface area contributed by atoms with Crippen LogP contribution in [0.1, 0.15) is 15.9 Å². The molecule has 5 nitrogen and oxygen atoms in total. The lowest BCUT2D eigenvalue weighted by atomic mass is 10.1. The molecule has 0 bridgehead atoms. The Hall–Kier alpha value is -2.60. The zero-order chi connectivity index (χ0) is 17.6. The van der Waals surface area contributed by atoms with Crippen molar-refractivity contribution in [2.45, 2.75) is 12.6 Å². The van der Waals surface area contributed by atoms with E-state index in [2.05, 4.69) is 5.32 Å². The second-order valence-corrected chi connectivity index (χ2v) is 6.70. The number of benzene rings is 2. The molecule has 2 aromatic carbocycles. The first-order valence-electron chi connectivity index (χ1n) is 7.98. The number of carbonyl (C=O) groups excluding carboxylic acids is 3. The van der Waals surface area contributed by atoms with Crippen LogP contribution in [0.5, 0.6) is 0 Å². The van der Waals surface area contributed by atoms with Crippen molar-refractivity contribution in [3.8, 4) is 0 Å². The molecule has 1 fully saturated rings. The summed E-state index contributed by atoms with van der Waals surface area (Å²) in [4.78, 5) is 38.4. The molecule has 6 heteroatoms. The fourth-order valence-corrected chi connectivity index (χ4v) is 3.60. The van der Waals surface area contributed by atoms with Crippen LogP contribution in [-0.2, 0) is 16.1 Å². The first-order valence-corrected chi connectivity index (χ1v) is 8.97. The molecule has 0 spiro atoms. The van der Waals surface area contributed by atoms with Gasteiger partial charge in [0.1, 0.15) is 6.04 Å². The standard InChI is InChI=1S/C19H18N2O3S/c22-17-11-20-18(23)16(21(17)12-14-7-3-1-4-8-14)13-25-19(24)15-9-5-2-6-10-15/h1-10,16H,11-13H2,(H,20,23). The number of nitrogens with zero attached hydrogens (tertiary/aromatic N) is 1. The van der Waals surface area contributed by atoms with Crippen LogP contribution in [0.4, 0.5) is 0 Å². The Bertz CT molecular complexity index is 765. The molecule has 1 saturated heterocycles. The van der Waals surface area contributed by atoms with Crippen LogP contribution < -0.4 is 5.32 Å². The third-order valence-electron chi connectivity index (χ3n) is 3.99. The number of carbonyl (C=O) groups is 3. The van der Waals surface area contributed by atoms with Gasteiger partial charge in [-0.15, -0.1) is 0 Å². The normalized spacial score (nSPS) is 17.3. The molecule has 1 aliphatic rings. The lowest BCUT2D eigenvalue weighted by molar-refractivity contribution is -0.145. The summed E-state index contributed by atoms with van der Waals surface area (Å²) in [7, 11) is 0. The van der Waals surface area contributed by atoms with Crippen molar-refractivity contribution in [3.05, 3.63) is 71.8 Å². The number of hydrogen-bond donors (Lipinski definition) is 1. The predicted octanol–water partition coefficient (Wildman–Crippen LogP) is 2.09. The van der Waals surface area contributed by atoms with Gasteiger partial charge in [0.2, 0.25) is 16.9 Å². The SMILES string of the molecule is O=C(SCC1C(=O)NCC(=O)N1Cc1ccccc1)c1ccccc1. The number of thioether (sulfide) groups is 1. The first-order chi connectivity index (χ1) is 12.1. The van der Waals surface area contributed by atoms with Gasteiger partial charge in [-0.05, 0) is 5.56 Å². The van der Waals surface area contributed by atoms with Gasteiger partial charge in [0.15, 0.2) is 0 Å². The number of amides is 2. The minimum absolute atomic E-state index is 0.000530. The van der Waals surface area contributed by atoms with E-state index in [4.69, 9.17) is 0 Å². The average Bonchev–Trinajstić information content (AvgIpc) is 2.65. The van der Waals surface area contributed by atoms with Crippen molar-refractivity contribution >= 4 is 28.7 Å². The fourth-order valence-electron chi connectivity index (χ4n) is 2.65. The molecule has 1 N–H and O–H groups in total. The Labute approximate surface area is 150 Å². The van der Waals surface area contributed by atoms with E-state index < -0.39 is 6.04 Å². The molecule has 1 heterocycles. The smallest absolute Gasteiger partial charge is 0.244 e. The minimum Gasteiger partial charge on any atom is -0.345 e. The highest BCUT2D eigenvalue weighted by molar-refractivity contribution is 8.14. The van der Waals surface area contributed by atoms with Crippen molar-refractivity contribution in [2.24, 2.45) is 0 Å². The summed E-state index contributed by atoms with van der Waals surface area (Å²) in [5.41, 5.74) is 1.54. The van der Waals surface area contributed by atoms with Gasteiger partial charge in [0.25, 0.3) is 0 Å². The van der Waals surface area contributed by atoms with Crippen LogP contribution in [0.3, 0.4) is 0 Å². The second kappa shape index (κ2) is 7.98. The quantitative estimate of drug-likeness (QED) is 0.893. The van der Waals surface area contributed by atoms with E-state index in [1.54, 1.807) is 29.2 Å². The lowest BCUT2D eigenvalue weighted by Crippen LogP contribution is -2.59. The van der Waals surface area contributed by atoms with Crippen LogP contribution in [-0.4, -0.2) is 40.2 Å². The van der Waals surface area contributed by atoms with Crippen LogP contribution in [0.25, 0.3) is 0 Å². The lowest BCUT2D eigenvalue weighted by Gasteiger charge is -2.34. The highest BCUT2D eigenvalue weighted by Crippen LogP contribution is 2.19. The maximum atomic E-state index is 12.3. The molecule has 3 rings (SSSR count). The highest BCUT2D eigenvalue weighted by Gasteiger charge is 2.34. The molecule has 0 aromatic heterocycles. The van der Waals surface area contributed by atoms with E-state index in [9.17, 15) is 14.4 Å². The summed E-state index contributed by atoms with van der Waals surface area (Å²) in [6, 6.07) is 17.8. The van der Waals surface area contributed by atoms with Gasteiger partial charge in [-0.25, -0.2) is 0 Å². The van der Waals surface area contributed by atoms with Gasteiger partial charge in [0.05, 0.1) is 6.54 Å². The maximum absolute atomic E-state index is 12.3. The van der Waals surface area contributed by atoms with Gasteiger partial charge in [-0.2, -0.15) is 0 Å². The van der Waals surface area contributed by atoms with E-state index in [0.717, 1.165) is 17.3 Å². The largest absolute Gasteiger partial charge is 0.345 e. The monoisotopic (exact) mass is 354 g/mol. The van der Waals surface area contributed by atoms with Crippen molar-refractivity contribution in [2.75, 3.05) is 12.3 Å². The van der Waals surface area contributed by atoms with Crippen LogP contribution in [0, 0.1) is 0 Å². The van der Waals surface area contributed by atoms with E-state index in [-0.39, 0.29) is 29.2 Å². The molecule has 25 heavy (non-hydrogen) atoms. The van der Waals surface area contributed by atoms with Crippen molar-refractivity contribution < 1.29 is 14.4 Å². The van der Waals surface area contributed by atoms with Gasteiger partial charge < -0.3 is 10.2 Å². The molecule has 0 radical (unpaired) electrons. The Morgan fingerprint density at radius 1 is 1.04 bits per heavy atom. The third kappa shape index (κ3) is 4.28. The number of nitrogens with one attached hydrogen (secondary N) is 1. The molecule has 2 aromatic rings. The van der Waals surface area contributed by atoms with Gasteiger partial charge >= 0.3 is 0 Å². The number of hydrogen-bond acceptors (Lipinski definition) is 4. The molecule has 0 aliphatic carbocycles. The first kappa shape index (κ1) is 17.2. The fraction of sp³-hybridized carbons (Fsp3) is 0.211. The van der Waals surface area contributed by atoms with Gasteiger partial charge in [0, 0.05) is 17.9 Å². The molecule has 1 unspecified atom stereocenters. The molecular formula is C19H18N2O3S. The van der Waals surface area contributed by atoms with E-state index in [1.807, 2.05) is 36.4 Å². The second-order valence-electron chi connectivity index (χ2n) is 5.71. The number of piperazine rings is 1. The molecule has 0 saturated carbocycles. The van der Waals surface area contributed by atoms with E-state index in [0.29, 0.717) is 12.1 Å². The molecule has 1 atom stereocenters. The van der Waals surface area contributed by atoms with Crippen molar-refractivity contribution in [1.82, 2.24) is 10.2 Å². The van der Waals surface area contributed by atoms with Gasteiger partial charge in [-0.3, -0.25) is 14.4 Å². The topological polar surface area (TPSA) is 66.5 Å². The third-order valence-corrected chi connectivity index (χ3v) is 4.97. The van der Waals surface area contributed by atoms with Crippen LogP contribution in [0.15, 0.2) is 60.7 Å². The van der Waals surface area contributed by atoms with Gasteiger partial charge in [-0.1, -0.05) is 72.4 Å². The van der Waals surface area contributed by atoms with E-state index >= 15 is 0 Å². The highest BCUT2D eigenvalue weighted by atomic mass is 32.2. The molecule has 128 valence electrons. The molecule has 1 aliphatic heterocycles. The van der Waals surface area contributed by atoms with Crippen LogP contribution in [0.2, 0.25) is 0 Å². The molecular weight excluding hydrogens is 336 g/mol. The van der Waals surface area contributed by atoms with Crippen molar-refractivity contribution in [1.29, 1.82) is 0 Å². The maximum Gasteiger partial charge on any atom is 0.244 e. The Morgan fingerprint density at radius 2 is 1.68 bits per heavy atom. The summed E-state index contributed by atoms with van der Waals surface area (Å²) in [5.74, 6) is -0.122. The zero-order valence-corrected chi connectivity index (χ0v) is 14.4. The zero-order valence-electron chi connectivity index (χ0n) is 13.6. The Kier molecular flexibility index (Phi) is 5.50. The predicted molar refractivity (Wildman–Crippen MR) is 97.0 cm³/mol. The molecule has 2 amide bonds. The summed E-state index contributed by atoms with van der Waals surface area (Å²) >= 11 is 1.06. The minimum atomic E-state index is -0.654.